The normalized spacial score (nSPS) is 13.5. The van der Waals surface area contributed by atoms with Crippen molar-refractivity contribution in [2.45, 2.75) is 20.8 Å². The summed E-state index contributed by atoms with van der Waals surface area (Å²) in [6.07, 6.45) is 2.03. The maximum Gasteiger partial charge on any atom is 0.216 e. The number of pyridine rings is 1. The van der Waals surface area contributed by atoms with Gasteiger partial charge in [-0.3, -0.25) is 0 Å². The molecule has 0 saturated heterocycles. The van der Waals surface area contributed by atoms with Crippen LogP contribution in [-0.2, 0) is 7.05 Å². The Morgan fingerprint density at radius 2 is 1.68 bits per heavy atom. The van der Waals surface area contributed by atoms with Crippen LogP contribution in [0.5, 0.6) is 0 Å². The summed E-state index contributed by atoms with van der Waals surface area (Å²) < 4.78 is 50.0. The highest BCUT2D eigenvalue weighted by Crippen LogP contribution is 2.42. The number of aryl methyl sites for hydroxylation is 3. The van der Waals surface area contributed by atoms with Gasteiger partial charge in [-0.15, -0.1) is 0 Å². The van der Waals surface area contributed by atoms with Crippen molar-refractivity contribution in [2.75, 3.05) is 0 Å². The Morgan fingerprint density at radius 3 is 2.39 bits per heavy atom. The molecule has 31 heavy (non-hydrogen) atoms. The quantitative estimate of drug-likeness (QED) is 0.311. The third kappa shape index (κ3) is 2.92. The molecule has 0 saturated carbocycles. The van der Waals surface area contributed by atoms with Gasteiger partial charge < -0.3 is 4.42 Å². The lowest BCUT2D eigenvalue weighted by atomic mass is 9.93. The SMILES string of the molecule is [2H]c1c([2H])c([2H])c(-c2c(C)c(C#N)cc3c2oc2c(-c4ccc(C)c[n+]4C)c(C)ccc23)c([2H])c1[2H]. The van der Waals surface area contributed by atoms with Crippen LogP contribution in [0.25, 0.3) is 44.3 Å². The molecule has 0 bridgehead atoms. The van der Waals surface area contributed by atoms with E-state index < -0.39 is 18.1 Å². The van der Waals surface area contributed by atoms with Crippen LogP contribution in [0.15, 0.2) is 71.2 Å². The molecule has 3 nitrogen and oxygen atoms in total. The summed E-state index contributed by atoms with van der Waals surface area (Å²) in [5.74, 6) is 0. The lowest BCUT2D eigenvalue weighted by Gasteiger charge is -2.08. The average molecular weight is 409 g/mol. The fourth-order valence-corrected chi connectivity index (χ4v) is 4.28. The first-order valence-electron chi connectivity index (χ1n) is 12.5. The Balaban J connectivity index is 2.00. The molecule has 0 radical (unpaired) electrons. The predicted octanol–water partition coefficient (Wildman–Crippen LogP) is 6.54. The van der Waals surface area contributed by atoms with Crippen molar-refractivity contribution in [3.05, 3.63) is 89.0 Å². The number of nitriles is 1. The highest BCUT2D eigenvalue weighted by Gasteiger charge is 2.23. The number of rotatable bonds is 2. The van der Waals surface area contributed by atoms with Gasteiger partial charge in [0.05, 0.1) is 24.0 Å². The molecule has 5 rings (SSSR count). The van der Waals surface area contributed by atoms with Crippen LogP contribution < -0.4 is 4.57 Å². The number of aromatic nitrogens is 1. The largest absolute Gasteiger partial charge is 0.454 e. The van der Waals surface area contributed by atoms with Gasteiger partial charge in [-0.2, -0.15) is 5.26 Å². The first-order chi connectivity index (χ1) is 17.1. The van der Waals surface area contributed by atoms with Crippen LogP contribution >= 0.6 is 0 Å². The summed E-state index contributed by atoms with van der Waals surface area (Å²) in [4.78, 5) is 0. The van der Waals surface area contributed by atoms with Gasteiger partial charge in [-0.1, -0.05) is 42.3 Å². The summed E-state index contributed by atoms with van der Waals surface area (Å²) >= 11 is 0. The number of hydrogen-bond donors (Lipinski definition) is 0. The average Bonchev–Trinajstić information content (AvgIpc) is 3.21. The van der Waals surface area contributed by atoms with Gasteiger partial charge in [0.15, 0.2) is 6.20 Å². The van der Waals surface area contributed by atoms with Crippen LogP contribution in [0.3, 0.4) is 0 Å². The molecule has 0 aliphatic heterocycles. The van der Waals surface area contributed by atoms with Crippen molar-refractivity contribution in [3.8, 4) is 28.5 Å². The minimum absolute atomic E-state index is 0.0267. The molecule has 3 heteroatoms. The van der Waals surface area contributed by atoms with Crippen LogP contribution in [0.1, 0.15) is 29.1 Å². The number of furan rings is 1. The third-order valence-corrected chi connectivity index (χ3v) is 5.81. The molecule has 2 heterocycles. The van der Waals surface area contributed by atoms with Gasteiger partial charge in [0.1, 0.15) is 18.2 Å². The topological polar surface area (TPSA) is 40.8 Å². The maximum atomic E-state index is 9.91. The number of hydrogen-bond acceptors (Lipinski definition) is 2. The van der Waals surface area contributed by atoms with Crippen molar-refractivity contribution in [1.29, 1.82) is 5.26 Å². The van der Waals surface area contributed by atoms with E-state index in [-0.39, 0.29) is 17.6 Å². The van der Waals surface area contributed by atoms with Crippen molar-refractivity contribution >= 4 is 21.9 Å². The zero-order valence-corrected chi connectivity index (χ0v) is 17.8. The van der Waals surface area contributed by atoms with E-state index in [1.165, 1.54) is 0 Å². The summed E-state index contributed by atoms with van der Waals surface area (Å²) in [6, 6.07) is 9.98. The van der Waals surface area contributed by atoms with Crippen molar-refractivity contribution in [1.82, 2.24) is 0 Å². The molecular formula is C28H23N2O+. The summed E-state index contributed by atoms with van der Waals surface area (Å²) in [5, 5.41) is 11.4. The van der Waals surface area contributed by atoms with Crippen molar-refractivity contribution in [2.24, 2.45) is 7.05 Å². The number of fused-ring (bicyclic) bond motifs is 3. The Hall–Kier alpha value is -3.90. The van der Waals surface area contributed by atoms with Crippen molar-refractivity contribution < 1.29 is 15.8 Å². The van der Waals surface area contributed by atoms with Gasteiger partial charge in [0, 0.05) is 28.0 Å². The summed E-state index contributed by atoms with van der Waals surface area (Å²) in [5.41, 5.74) is 6.20. The van der Waals surface area contributed by atoms with Gasteiger partial charge in [-0.05, 0) is 49.6 Å². The Kier molecular flexibility index (Phi) is 3.25. The van der Waals surface area contributed by atoms with E-state index in [4.69, 9.17) is 11.3 Å². The first-order valence-corrected chi connectivity index (χ1v) is 10.00. The van der Waals surface area contributed by atoms with Gasteiger partial charge in [0.25, 0.3) is 0 Å². The van der Waals surface area contributed by atoms with Gasteiger partial charge in [-0.25, -0.2) is 4.57 Å². The second kappa shape index (κ2) is 7.11. The standard InChI is InChI=1S/C28H23N2O/c1-17-10-13-24(30(4)16-17)25-18(2)11-12-22-23-14-21(15-29)19(3)26(28(23)31-27(22)25)20-8-6-5-7-9-20/h5-14,16H,1-4H3/q+1/i5D,6D,7D,8D,9D. The van der Waals surface area contributed by atoms with Crippen LogP contribution in [0, 0.1) is 32.1 Å². The molecule has 0 unspecified atom stereocenters. The van der Waals surface area contributed by atoms with Crippen LogP contribution in [0.4, 0.5) is 0 Å². The molecule has 2 aromatic heterocycles. The highest BCUT2D eigenvalue weighted by molar-refractivity contribution is 6.14. The summed E-state index contributed by atoms with van der Waals surface area (Å²) in [6.45, 7) is 5.74. The van der Waals surface area contributed by atoms with Crippen LogP contribution in [-0.4, -0.2) is 0 Å². The van der Waals surface area contributed by atoms with Gasteiger partial charge in [0.2, 0.25) is 5.69 Å². The first kappa shape index (κ1) is 14.2. The third-order valence-electron chi connectivity index (χ3n) is 5.81. The molecular weight excluding hydrogens is 380 g/mol. The molecule has 0 amide bonds. The van der Waals surface area contributed by atoms with E-state index in [0.29, 0.717) is 33.2 Å². The van der Waals surface area contributed by atoms with E-state index >= 15 is 0 Å². The minimum Gasteiger partial charge on any atom is -0.454 e. The second-order valence-electron chi connectivity index (χ2n) is 7.85. The molecule has 0 fully saturated rings. The molecule has 0 aliphatic rings. The highest BCUT2D eigenvalue weighted by atomic mass is 16.3. The Labute approximate surface area is 188 Å². The van der Waals surface area contributed by atoms with Crippen molar-refractivity contribution in [3.63, 3.8) is 0 Å². The lowest BCUT2D eigenvalue weighted by molar-refractivity contribution is -0.660. The van der Waals surface area contributed by atoms with E-state index in [9.17, 15) is 5.26 Å². The van der Waals surface area contributed by atoms with E-state index in [1.54, 1.807) is 13.0 Å². The molecule has 3 aromatic carbocycles. The van der Waals surface area contributed by atoms with Crippen LogP contribution in [0.2, 0.25) is 0 Å². The molecule has 0 atom stereocenters. The molecule has 0 aliphatic carbocycles. The molecule has 0 N–H and O–H groups in total. The van der Waals surface area contributed by atoms with Gasteiger partial charge >= 0.3 is 0 Å². The minimum atomic E-state index is -0.464. The zero-order valence-electron chi connectivity index (χ0n) is 22.8. The lowest BCUT2D eigenvalue weighted by Crippen LogP contribution is -2.31. The smallest absolute Gasteiger partial charge is 0.216 e. The summed E-state index contributed by atoms with van der Waals surface area (Å²) in [7, 11) is 1.97. The Morgan fingerprint density at radius 1 is 0.935 bits per heavy atom. The fraction of sp³-hybridized carbons (Fsp3) is 0.143. The number of benzene rings is 3. The predicted molar refractivity (Wildman–Crippen MR) is 125 cm³/mol. The Bertz CT molecular complexity index is 1770. The monoisotopic (exact) mass is 408 g/mol. The molecule has 0 spiro atoms. The molecule has 150 valence electrons. The second-order valence-corrected chi connectivity index (χ2v) is 7.85. The van der Waals surface area contributed by atoms with E-state index in [2.05, 4.69) is 6.07 Å². The molecule has 5 aromatic rings. The zero-order chi connectivity index (χ0) is 26.0. The van der Waals surface area contributed by atoms with E-state index in [0.717, 1.165) is 27.8 Å². The fourth-order valence-electron chi connectivity index (χ4n) is 4.28. The van der Waals surface area contributed by atoms with E-state index in [1.807, 2.05) is 55.9 Å². The number of nitrogens with zero attached hydrogens (tertiary/aromatic N) is 2. The maximum absolute atomic E-state index is 9.91.